The second kappa shape index (κ2) is 6.43. The molecule has 2 unspecified atom stereocenters. The molecule has 3 aliphatic heterocycles. The van der Waals surface area contributed by atoms with Crippen LogP contribution in [0.4, 0.5) is 0 Å². The SMILES string of the molecule is NC1(C2CCc3ccccc32)N=CN=C2C1=NCN2[C@@H]1O[C@H](CO)[C@@H](O)[C@H]1O. The topological polar surface area (TPSA) is 136 Å². The van der Waals surface area contributed by atoms with Gasteiger partial charge in [0.15, 0.2) is 17.7 Å². The average Bonchev–Trinajstić information content (AvgIpc) is 3.39. The third kappa shape index (κ3) is 2.41. The molecule has 6 atom stereocenters. The first kappa shape index (κ1) is 17.9. The van der Waals surface area contributed by atoms with Gasteiger partial charge in [-0.05, 0) is 24.0 Å². The molecule has 1 saturated heterocycles. The average molecular weight is 385 g/mol. The highest BCUT2D eigenvalue weighted by Gasteiger charge is 2.53. The van der Waals surface area contributed by atoms with Gasteiger partial charge in [-0.3, -0.25) is 4.99 Å². The molecular formula is C19H23N5O4. The Morgan fingerprint density at radius 3 is 2.86 bits per heavy atom. The first-order valence-corrected chi connectivity index (χ1v) is 9.47. The van der Waals surface area contributed by atoms with E-state index in [0.717, 1.165) is 12.8 Å². The van der Waals surface area contributed by atoms with Crippen molar-refractivity contribution in [1.82, 2.24) is 4.90 Å². The number of nitrogens with two attached hydrogens (primary N) is 1. The minimum Gasteiger partial charge on any atom is -0.394 e. The van der Waals surface area contributed by atoms with Crippen LogP contribution in [0.1, 0.15) is 23.5 Å². The van der Waals surface area contributed by atoms with E-state index in [1.54, 1.807) is 4.90 Å². The number of hydrogen-bond donors (Lipinski definition) is 4. The van der Waals surface area contributed by atoms with Crippen LogP contribution in [0.3, 0.4) is 0 Å². The molecule has 0 spiro atoms. The lowest BCUT2D eigenvalue weighted by molar-refractivity contribution is -0.0688. The lowest BCUT2D eigenvalue weighted by atomic mass is 9.83. The molecule has 9 nitrogen and oxygen atoms in total. The summed E-state index contributed by atoms with van der Waals surface area (Å²) in [5.41, 5.74) is 8.78. The number of rotatable bonds is 3. The quantitative estimate of drug-likeness (QED) is 0.525. The number of fused-ring (bicyclic) bond motifs is 2. The van der Waals surface area contributed by atoms with E-state index in [4.69, 9.17) is 10.5 Å². The van der Waals surface area contributed by atoms with Crippen LogP contribution >= 0.6 is 0 Å². The zero-order valence-electron chi connectivity index (χ0n) is 15.2. The molecule has 0 amide bonds. The minimum atomic E-state index is -1.19. The summed E-state index contributed by atoms with van der Waals surface area (Å²) in [5.74, 6) is 0.478. The van der Waals surface area contributed by atoms with Crippen LogP contribution in [0.5, 0.6) is 0 Å². The van der Waals surface area contributed by atoms with Crippen molar-refractivity contribution >= 4 is 17.9 Å². The second-order valence-corrected chi connectivity index (χ2v) is 7.66. The van der Waals surface area contributed by atoms with Crippen LogP contribution in [0.2, 0.25) is 0 Å². The Morgan fingerprint density at radius 1 is 1.25 bits per heavy atom. The summed E-state index contributed by atoms with van der Waals surface area (Å²) in [4.78, 5) is 15.2. The van der Waals surface area contributed by atoms with E-state index in [1.165, 1.54) is 17.5 Å². The van der Waals surface area contributed by atoms with Gasteiger partial charge in [0.1, 0.15) is 37.0 Å². The molecule has 4 aliphatic rings. The Labute approximate surface area is 161 Å². The molecule has 1 fully saturated rings. The molecule has 1 aromatic rings. The number of benzene rings is 1. The molecule has 5 N–H and O–H groups in total. The van der Waals surface area contributed by atoms with Crippen molar-refractivity contribution < 1.29 is 20.1 Å². The smallest absolute Gasteiger partial charge is 0.162 e. The summed E-state index contributed by atoms with van der Waals surface area (Å²) in [6.07, 6.45) is -0.838. The van der Waals surface area contributed by atoms with Gasteiger partial charge in [0.25, 0.3) is 0 Å². The molecule has 5 rings (SSSR count). The van der Waals surface area contributed by atoms with Gasteiger partial charge in [0, 0.05) is 5.92 Å². The van der Waals surface area contributed by atoms with E-state index in [1.807, 2.05) is 12.1 Å². The molecule has 9 heteroatoms. The Balaban J connectivity index is 1.45. The predicted molar refractivity (Wildman–Crippen MR) is 102 cm³/mol. The Bertz CT molecular complexity index is 887. The molecule has 28 heavy (non-hydrogen) atoms. The van der Waals surface area contributed by atoms with Gasteiger partial charge >= 0.3 is 0 Å². The summed E-state index contributed by atoms with van der Waals surface area (Å²) in [5, 5.41) is 29.8. The largest absolute Gasteiger partial charge is 0.394 e. The summed E-state index contributed by atoms with van der Waals surface area (Å²) in [7, 11) is 0. The highest BCUT2D eigenvalue weighted by molar-refractivity contribution is 6.47. The van der Waals surface area contributed by atoms with E-state index in [2.05, 4.69) is 27.1 Å². The van der Waals surface area contributed by atoms with Crippen molar-refractivity contribution in [2.24, 2.45) is 20.7 Å². The van der Waals surface area contributed by atoms with Crippen molar-refractivity contribution in [3.05, 3.63) is 35.4 Å². The number of ether oxygens (including phenoxy) is 1. The minimum absolute atomic E-state index is 0.0191. The van der Waals surface area contributed by atoms with Gasteiger partial charge in [-0.25, -0.2) is 9.98 Å². The molecule has 0 radical (unpaired) electrons. The molecule has 0 saturated carbocycles. The zero-order chi connectivity index (χ0) is 19.5. The van der Waals surface area contributed by atoms with E-state index in [9.17, 15) is 15.3 Å². The Hall–Kier alpha value is -2.17. The molecule has 0 bridgehead atoms. The van der Waals surface area contributed by atoms with Gasteiger partial charge in [0.2, 0.25) is 0 Å². The summed E-state index contributed by atoms with van der Waals surface area (Å²) in [6.45, 7) is -0.193. The van der Waals surface area contributed by atoms with Crippen LogP contribution in [0, 0.1) is 0 Å². The van der Waals surface area contributed by atoms with Crippen LogP contribution < -0.4 is 5.73 Å². The fourth-order valence-corrected chi connectivity index (χ4v) is 4.71. The van der Waals surface area contributed by atoms with Crippen molar-refractivity contribution in [2.75, 3.05) is 13.3 Å². The third-order valence-corrected chi connectivity index (χ3v) is 6.18. The Kier molecular flexibility index (Phi) is 4.11. The van der Waals surface area contributed by atoms with Gasteiger partial charge < -0.3 is 30.7 Å². The summed E-state index contributed by atoms with van der Waals surface area (Å²) < 4.78 is 5.65. The molecule has 1 aliphatic carbocycles. The normalized spacial score (nSPS) is 39.0. The number of amidine groups is 1. The first-order chi connectivity index (χ1) is 13.5. The summed E-state index contributed by atoms with van der Waals surface area (Å²) in [6, 6.07) is 8.23. The van der Waals surface area contributed by atoms with Crippen molar-refractivity contribution in [2.45, 2.75) is 49.0 Å². The van der Waals surface area contributed by atoms with Crippen LogP contribution in [-0.4, -0.2) is 81.6 Å². The van der Waals surface area contributed by atoms with E-state index >= 15 is 0 Å². The second-order valence-electron chi connectivity index (χ2n) is 7.66. The van der Waals surface area contributed by atoms with E-state index in [0.29, 0.717) is 11.5 Å². The summed E-state index contributed by atoms with van der Waals surface area (Å²) >= 11 is 0. The van der Waals surface area contributed by atoms with Crippen molar-refractivity contribution in [3.8, 4) is 0 Å². The molecule has 0 aromatic heterocycles. The van der Waals surface area contributed by atoms with Gasteiger partial charge in [0.05, 0.1) is 6.61 Å². The molecule has 3 heterocycles. The van der Waals surface area contributed by atoms with Gasteiger partial charge in [-0.15, -0.1) is 0 Å². The maximum Gasteiger partial charge on any atom is 0.162 e. The first-order valence-electron chi connectivity index (χ1n) is 9.47. The van der Waals surface area contributed by atoms with Crippen LogP contribution in [0.25, 0.3) is 0 Å². The van der Waals surface area contributed by atoms with Crippen LogP contribution in [-0.2, 0) is 11.2 Å². The van der Waals surface area contributed by atoms with Crippen LogP contribution in [0.15, 0.2) is 39.2 Å². The molecule has 1 aromatic carbocycles. The number of aryl methyl sites for hydroxylation is 1. The maximum atomic E-state index is 10.4. The standard InChI is InChI=1S/C19H23N5O4/c20-19(12-6-5-10-3-1-2-4-11(10)12)16-17(21-8-23-19)24(9-22-16)18-15(27)14(26)13(7-25)28-18/h1-4,8,12-15,18,25-27H,5-7,9,20H2/t12?,13-,14-,15-,18-,19?/m1/s1. The number of nitrogens with zero attached hydrogens (tertiary/aromatic N) is 4. The van der Waals surface area contributed by atoms with Gasteiger partial charge in [-0.2, -0.15) is 0 Å². The third-order valence-electron chi connectivity index (χ3n) is 6.18. The highest BCUT2D eigenvalue weighted by atomic mass is 16.6. The molecule has 148 valence electrons. The fraction of sp³-hybridized carbons (Fsp3) is 0.526. The lowest BCUT2D eigenvalue weighted by Gasteiger charge is -2.36. The maximum absolute atomic E-state index is 10.4. The number of hydrogen-bond acceptors (Lipinski definition) is 9. The van der Waals surface area contributed by atoms with E-state index in [-0.39, 0.29) is 19.2 Å². The number of aliphatic hydroxyl groups is 3. The predicted octanol–water partition coefficient (Wildman–Crippen LogP) is -1.04. The Morgan fingerprint density at radius 2 is 2.07 bits per heavy atom. The van der Waals surface area contributed by atoms with Gasteiger partial charge in [-0.1, -0.05) is 24.3 Å². The molecular weight excluding hydrogens is 362 g/mol. The monoisotopic (exact) mass is 385 g/mol. The lowest BCUT2D eigenvalue weighted by Crippen LogP contribution is -2.58. The van der Waals surface area contributed by atoms with E-state index < -0.39 is 30.2 Å². The van der Waals surface area contributed by atoms with Crippen molar-refractivity contribution in [1.29, 1.82) is 0 Å². The number of aliphatic hydroxyl groups excluding tert-OH is 3. The highest BCUT2D eigenvalue weighted by Crippen LogP contribution is 2.42. The number of aliphatic imine (C=N–C) groups is 3. The fourth-order valence-electron chi connectivity index (χ4n) is 4.71. The zero-order valence-corrected chi connectivity index (χ0v) is 15.2. The van der Waals surface area contributed by atoms with Crippen molar-refractivity contribution in [3.63, 3.8) is 0 Å².